The van der Waals surface area contributed by atoms with Crippen LogP contribution in [0.1, 0.15) is 26.2 Å². The number of hydrogen-bond donors (Lipinski definition) is 1. The molecule has 1 aliphatic heterocycles. The van der Waals surface area contributed by atoms with E-state index in [1.165, 1.54) is 0 Å². The lowest BCUT2D eigenvalue weighted by atomic mass is 10.2. The Morgan fingerprint density at radius 2 is 2.33 bits per heavy atom. The number of carboxylic acids is 1. The van der Waals surface area contributed by atoms with Crippen LogP contribution in [0.15, 0.2) is 0 Å². The largest absolute Gasteiger partial charge is 0.480 e. The quantitative estimate of drug-likeness (QED) is 0.736. The van der Waals surface area contributed by atoms with Gasteiger partial charge in [0.2, 0.25) is 0 Å². The molecule has 1 aliphatic rings. The summed E-state index contributed by atoms with van der Waals surface area (Å²) in [7, 11) is 0. The fourth-order valence-corrected chi connectivity index (χ4v) is 1.66. The maximum absolute atomic E-state index is 10.6. The predicted octanol–water partition coefficient (Wildman–Crippen LogP) is 1.37. The summed E-state index contributed by atoms with van der Waals surface area (Å²) in [5.74, 6) is -0.657. The van der Waals surface area contributed by atoms with Gasteiger partial charge in [0.25, 0.3) is 0 Å². The van der Waals surface area contributed by atoms with Gasteiger partial charge >= 0.3 is 5.97 Å². The van der Waals surface area contributed by atoms with Gasteiger partial charge in [0.15, 0.2) is 0 Å². The molecule has 0 saturated carbocycles. The molecule has 4 heteroatoms. The molecule has 0 aromatic rings. The summed E-state index contributed by atoms with van der Waals surface area (Å²) in [4.78, 5) is 12.7. The maximum atomic E-state index is 10.6. The van der Waals surface area contributed by atoms with Crippen molar-refractivity contribution >= 4 is 18.4 Å². The Morgan fingerprint density at radius 1 is 1.67 bits per heavy atom. The summed E-state index contributed by atoms with van der Waals surface area (Å²) >= 11 is 0. The van der Waals surface area contributed by atoms with E-state index in [1.54, 1.807) is 0 Å². The molecule has 1 saturated heterocycles. The van der Waals surface area contributed by atoms with Gasteiger partial charge in [0.1, 0.15) is 6.04 Å². The third-order valence-corrected chi connectivity index (χ3v) is 2.16. The van der Waals surface area contributed by atoms with Crippen molar-refractivity contribution in [2.24, 2.45) is 0 Å². The molecule has 1 rings (SSSR count). The van der Waals surface area contributed by atoms with Gasteiger partial charge in [-0.05, 0) is 32.4 Å². The molecule has 0 aliphatic carbocycles. The number of halogens is 1. The van der Waals surface area contributed by atoms with Crippen LogP contribution in [0.4, 0.5) is 0 Å². The zero-order valence-corrected chi connectivity index (χ0v) is 8.14. The smallest absolute Gasteiger partial charge is 0.320 e. The predicted molar refractivity (Wildman–Crippen MR) is 49.8 cm³/mol. The third kappa shape index (κ3) is 2.64. The van der Waals surface area contributed by atoms with Crippen molar-refractivity contribution in [1.29, 1.82) is 0 Å². The monoisotopic (exact) mass is 193 g/mol. The molecule has 0 spiro atoms. The highest BCUT2D eigenvalue weighted by Gasteiger charge is 2.29. The molecule has 12 heavy (non-hydrogen) atoms. The normalized spacial score (nSPS) is 23.6. The van der Waals surface area contributed by atoms with Crippen LogP contribution in [0.5, 0.6) is 0 Å². The van der Waals surface area contributed by atoms with Crippen molar-refractivity contribution < 1.29 is 9.90 Å². The molecule has 0 bridgehead atoms. The topological polar surface area (TPSA) is 40.5 Å². The molecule has 72 valence electrons. The number of nitrogens with zero attached hydrogens (tertiary/aromatic N) is 1. The van der Waals surface area contributed by atoms with Crippen molar-refractivity contribution in [1.82, 2.24) is 4.90 Å². The Morgan fingerprint density at radius 3 is 2.83 bits per heavy atom. The van der Waals surface area contributed by atoms with E-state index in [0.717, 1.165) is 32.4 Å². The molecule has 0 aromatic heterocycles. The first-order valence-electron chi connectivity index (χ1n) is 4.22. The molecule has 1 atom stereocenters. The average molecular weight is 194 g/mol. The van der Waals surface area contributed by atoms with Gasteiger partial charge in [0, 0.05) is 0 Å². The molecule has 0 aromatic carbocycles. The summed E-state index contributed by atoms with van der Waals surface area (Å²) in [5, 5.41) is 8.77. The molecule has 1 fully saturated rings. The Hall–Kier alpha value is -0.280. The minimum atomic E-state index is -0.657. The van der Waals surface area contributed by atoms with Crippen molar-refractivity contribution in [3.63, 3.8) is 0 Å². The summed E-state index contributed by atoms with van der Waals surface area (Å²) < 4.78 is 0. The number of hydrogen-bond acceptors (Lipinski definition) is 2. The van der Waals surface area contributed by atoms with Crippen LogP contribution in [0.2, 0.25) is 0 Å². The fourth-order valence-electron chi connectivity index (χ4n) is 1.66. The molecule has 1 N–H and O–H groups in total. The van der Waals surface area contributed by atoms with Crippen LogP contribution in [0.25, 0.3) is 0 Å². The molecule has 0 radical (unpaired) electrons. The second kappa shape index (κ2) is 5.38. The molecule has 1 unspecified atom stereocenters. The van der Waals surface area contributed by atoms with Gasteiger partial charge in [-0.1, -0.05) is 6.92 Å². The maximum Gasteiger partial charge on any atom is 0.320 e. The van der Waals surface area contributed by atoms with Crippen molar-refractivity contribution in [2.45, 2.75) is 32.2 Å². The van der Waals surface area contributed by atoms with E-state index in [4.69, 9.17) is 5.11 Å². The third-order valence-electron chi connectivity index (χ3n) is 2.16. The number of aliphatic carboxylic acids is 1. The fraction of sp³-hybridized carbons (Fsp3) is 0.875. The number of carbonyl (C=O) groups is 1. The summed E-state index contributed by atoms with van der Waals surface area (Å²) in [6.07, 6.45) is 2.91. The Labute approximate surface area is 79.2 Å². The Balaban J connectivity index is 0.00000121. The first kappa shape index (κ1) is 11.7. The first-order valence-corrected chi connectivity index (χ1v) is 4.22. The van der Waals surface area contributed by atoms with Crippen LogP contribution in [0, 0.1) is 0 Å². The summed E-state index contributed by atoms with van der Waals surface area (Å²) in [5.41, 5.74) is 0. The van der Waals surface area contributed by atoms with E-state index >= 15 is 0 Å². The van der Waals surface area contributed by atoms with Crippen LogP contribution in [-0.4, -0.2) is 35.1 Å². The van der Waals surface area contributed by atoms with E-state index in [1.807, 2.05) is 0 Å². The van der Waals surface area contributed by atoms with Gasteiger partial charge < -0.3 is 5.11 Å². The lowest BCUT2D eigenvalue weighted by Gasteiger charge is -2.19. The van der Waals surface area contributed by atoms with Crippen LogP contribution >= 0.6 is 12.4 Å². The van der Waals surface area contributed by atoms with Gasteiger partial charge in [0.05, 0.1) is 0 Å². The molecular weight excluding hydrogens is 178 g/mol. The average Bonchev–Trinajstić information content (AvgIpc) is 2.36. The first-order chi connectivity index (χ1) is 5.25. The zero-order valence-electron chi connectivity index (χ0n) is 7.32. The van der Waals surface area contributed by atoms with Gasteiger partial charge in [-0.3, -0.25) is 9.69 Å². The van der Waals surface area contributed by atoms with Crippen LogP contribution in [-0.2, 0) is 4.79 Å². The van der Waals surface area contributed by atoms with Crippen molar-refractivity contribution in [2.75, 3.05) is 13.1 Å². The SMILES string of the molecule is CCCN1CCCC1C(=O)O.Cl. The number of carboxylic acid groups (broad SMARTS) is 1. The van der Waals surface area contributed by atoms with Gasteiger partial charge in [-0.2, -0.15) is 0 Å². The number of likely N-dealkylation sites (tertiary alicyclic amines) is 1. The lowest BCUT2D eigenvalue weighted by molar-refractivity contribution is -0.142. The molecule has 3 nitrogen and oxygen atoms in total. The highest BCUT2D eigenvalue weighted by molar-refractivity contribution is 5.85. The Kier molecular flexibility index (Phi) is 5.25. The van der Waals surface area contributed by atoms with E-state index < -0.39 is 5.97 Å². The minimum Gasteiger partial charge on any atom is -0.480 e. The lowest BCUT2D eigenvalue weighted by Crippen LogP contribution is -2.36. The van der Waals surface area contributed by atoms with Gasteiger partial charge in [-0.25, -0.2) is 0 Å². The van der Waals surface area contributed by atoms with Crippen molar-refractivity contribution in [3.8, 4) is 0 Å². The van der Waals surface area contributed by atoms with Crippen LogP contribution in [0.3, 0.4) is 0 Å². The second-order valence-corrected chi connectivity index (χ2v) is 3.03. The zero-order chi connectivity index (χ0) is 8.27. The van der Waals surface area contributed by atoms with E-state index in [9.17, 15) is 4.79 Å². The number of rotatable bonds is 3. The minimum absolute atomic E-state index is 0. The second-order valence-electron chi connectivity index (χ2n) is 3.03. The van der Waals surface area contributed by atoms with Crippen molar-refractivity contribution in [3.05, 3.63) is 0 Å². The molecule has 1 heterocycles. The van der Waals surface area contributed by atoms with E-state index in [0.29, 0.717) is 0 Å². The highest BCUT2D eigenvalue weighted by Crippen LogP contribution is 2.16. The standard InChI is InChI=1S/C8H15NO2.ClH/c1-2-5-9-6-3-4-7(9)8(10)11;/h7H,2-6H2,1H3,(H,10,11);1H. The van der Waals surface area contributed by atoms with Crippen LogP contribution < -0.4 is 0 Å². The van der Waals surface area contributed by atoms with Gasteiger partial charge in [-0.15, -0.1) is 12.4 Å². The van der Waals surface area contributed by atoms with E-state index in [2.05, 4.69) is 11.8 Å². The Bertz CT molecular complexity index is 152. The summed E-state index contributed by atoms with van der Waals surface area (Å²) in [6, 6.07) is -0.199. The van der Waals surface area contributed by atoms with E-state index in [-0.39, 0.29) is 18.4 Å². The summed E-state index contributed by atoms with van der Waals surface area (Å²) in [6.45, 7) is 3.97. The molecular formula is C8H16ClNO2. The highest BCUT2D eigenvalue weighted by atomic mass is 35.5. The molecule has 0 amide bonds.